The van der Waals surface area contributed by atoms with Crippen LogP contribution in [-0.2, 0) is 35.3 Å². The first-order valence-corrected chi connectivity index (χ1v) is 12.4. The van der Waals surface area contributed by atoms with E-state index in [1.54, 1.807) is 34.9 Å². The number of ketones is 1. The third-order valence-corrected chi connectivity index (χ3v) is 6.63. The minimum atomic E-state index is -3.60. The average molecular weight is 499 g/mol. The molecule has 0 amide bonds. The molecule has 0 atom stereocenters. The minimum absolute atomic E-state index is 0.0175. The van der Waals surface area contributed by atoms with E-state index < -0.39 is 21.6 Å². The molecule has 0 aliphatic heterocycles. The van der Waals surface area contributed by atoms with E-state index in [0.29, 0.717) is 22.5 Å². The second kappa shape index (κ2) is 9.85. The Morgan fingerprint density at radius 1 is 1.09 bits per heavy atom. The van der Waals surface area contributed by atoms with Gasteiger partial charge in [-0.15, -0.1) is 6.42 Å². The molecule has 184 valence electrons. The lowest BCUT2D eigenvalue weighted by atomic mass is 9.95. The molecule has 0 bridgehead atoms. The van der Waals surface area contributed by atoms with Gasteiger partial charge >= 0.3 is 5.97 Å². The zero-order valence-electron chi connectivity index (χ0n) is 20.4. The number of terminal acetylenes is 1. The van der Waals surface area contributed by atoms with E-state index in [9.17, 15) is 18.0 Å². The molecule has 1 aromatic carbocycles. The molecule has 0 saturated heterocycles. The van der Waals surface area contributed by atoms with Gasteiger partial charge in [0.1, 0.15) is 17.7 Å². The van der Waals surface area contributed by atoms with Crippen LogP contribution in [0.15, 0.2) is 23.2 Å². The number of aryl methyl sites for hydroxylation is 4. The van der Waals surface area contributed by atoms with E-state index in [4.69, 9.17) is 15.9 Å². The maximum Gasteiger partial charge on any atom is 0.348 e. The average Bonchev–Trinajstić information content (AvgIpc) is 3.24. The fraction of sp³-hybridized carbons (Fsp3) is 0.333. The maximum atomic E-state index is 13.7. The lowest BCUT2D eigenvalue weighted by Crippen LogP contribution is -2.16. The predicted molar refractivity (Wildman–Crippen MR) is 127 cm³/mol. The monoisotopic (exact) mass is 498 g/mol. The lowest BCUT2D eigenvalue weighted by Gasteiger charge is -2.15. The summed E-state index contributed by atoms with van der Waals surface area (Å²) in [5, 5.41) is 8.40. The van der Waals surface area contributed by atoms with E-state index >= 15 is 0 Å². The molecule has 3 aromatic rings. The number of carbonyl (C=O) groups excluding carboxylic acids is 2. The SMILES string of the molecule is C#CCOCc1c(S(C)(=O)=O)ccc(C(=O)c2c(C)nn(C)c2OC(=O)c2cn(C)nc2C)c1C. The summed E-state index contributed by atoms with van der Waals surface area (Å²) in [5.74, 6) is 1.14. The molecule has 3 rings (SSSR count). The normalized spacial score (nSPS) is 11.3. The second-order valence-corrected chi connectivity index (χ2v) is 10.1. The van der Waals surface area contributed by atoms with Crippen LogP contribution < -0.4 is 4.74 Å². The second-order valence-electron chi connectivity index (χ2n) is 8.09. The van der Waals surface area contributed by atoms with Gasteiger partial charge in [-0.2, -0.15) is 10.2 Å². The van der Waals surface area contributed by atoms with Crippen LogP contribution in [0.3, 0.4) is 0 Å². The number of hydrogen-bond donors (Lipinski definition) is 0. The van der Waals surface area contributed by atoms with Gasteiger partial charge in [0.05, 0.1) is 22.9 Å². The number of carbonyl (C=O) groups is 2. The van der Waals surface area contributed by atoms with Crippen molar-refractivity contribution in [2.24, 2.45) is 14.1 Å². The number of nitrogens with zero attached hydrogens (tertiary/aromatic N) is 4. The summed E-state index contributed by atoms with van der Waals surface area (Å²) in [5.41, 5.74) is 2.15. The van der Waals surface area contributed by atoms with Gasteiger partial charge in [0, 0.05) is 37.7 Å². The zero-order valence-corrected chi connectivity index (χ0v) is 21.2. The predicted octanol–water partition coefficient (Wildman–Crippen LogP) is 2.08. The molecule has 2 heterocycles. The molecule has 11 heteroatoms. The molecule has 0 spiro atoms. The fourth-order valence-corrected chi connectivity index (χ4v) is 4.78. The molecular formula is C24H26N4O6S. The van der Waals surface area contributed by atoms with E-state index in [1.165, 1.54) is 27.7 Å². The van der Waals surface area contributed by atoms with Crippen LogP contribution >= 0.6 is 0 Å². The molecule has 0 saturated carbocycles. The number of ether oxygens (including phenoxy) is 2. The molecule has 0 unspecified atom stereocenters. The van der Waals surface area contributed by atoms with Crippen LogP contribution in [0, 0.1) is 33.1 Å². The van der Waals surface area contributed by atoms with E-state index in [-0.39, 0.29) is 40.7 Å². The van der Waals surface area contributed by atoms with E-state index in [0.717, 1.165) is 6.26 Å². The van der Waals surface area contributed by atoms with Gasteiger partial charge in [-0.05, 0) is 38.5 Å². The molecular weight excluding hydrogens is 472 g/mol. The number of sulfone groups is 1. The van der Waals surface area contributed by atoms with Gasteiger partial charge in [-0.1, -0.05) is 5.92 Å². The van der Waals surface area contributed by atoms with Crippen LogP contribution in [0.2, 0.25) is 0 Å². The smallest absolute Gasteiger partial charge is 0.348 e. The Balaban J connectivity index is 2.08. The molecule has 0 radical (unpaired) electrons. The van der Waals surface area contributed by atoms with Gasteiger partial charge in [-0.25, -0.2) is 17.9 Å². The fourth-order valence-electron chi connectivity index (χ4n) is 3.81. The Morgan fingerprint density at radius 3 is 2.34 bits per heavy atom. The summed E-state index contributed by atoms with van der Waals surface area (Å²) < 4.78 is 38.4. The molecule has 0 aliphatic rings. The third kappa shape index (κ3) is 5.18. The zero-order chi connectivity index (χ0) is 26.1. The van der Waals surface area contributed by atoms with Gasteiger partial charge in [0.25, 0.3) is 0 Å². The van der Waals surface area contributed by atoms with Crippen molar-refractivity contribution >= 4 is 21.6 Å². The summed E-state index contributed by atoms with van der Waals surface area (Å²) in [6.45, 7) is 4.82. The summed E-state index contributed by atoms with van der Waals surface area (Å²) in [7, 11) is -0.360. The van der Waals surface area contributed by atoms with Gasteiger partial charge < -0.3 is 9.47 Å². The maximum absolute atomic E-state index is 13.7. The Morgan fingerprint density at radius 2 is 1.77 bits per heavy atom. The first-order chi connectivity index (χ1) is 16.4. The van der Waals surface area contributed by atoms with Crippen molar-refractivity contribution < 1.29 is 27.5 Å². The number of esters is 1. The molecule has 35 heavy (non-hydrogen) atoms. The molecule has 2 aromatic heterocycles. The standard InChI is InChI=1S/C24H26N4O6S/c1-8-11-33-13-19-14(2)17(9-10-20(19)35(7,31)32)22(29)21-16(4)26-28(6)23(21)34-24(30)18-12-27(5)25-15(18)3/h1,9-10,12H,11,13H2,2-7H3. The van der Waals surface area contributed by atoms with Crippen molar-refractivity contribution in [3.8, 4) is 18.2 Å². The van der Waals surface area contributed by atoms with Crippen molar-refractivity contribution in [2.45, 2.75) is 32.3 Å². The van der Waals surface area contributed by atoms with Crippen molar-refractivity contribution in [1.29, 1.82) is 0 Å². The Bertz CT molecular complexity index is 1470. The largest absolute Gasteiger partial charge is 0.403 e. The van der Waals surface area contributed by atoms with Crippen LogP contribution in [-0.4, -0.2) is 52.6 Å². The van der Waals surface area contributed by atoms with Crippen LogP contribution in [0.1, 0.15) is 48.8 Å². The number of hydrogen-bond acceptors (Lipinski definition) is 8. The highest BCUT2D eigenvalue weighted by Gasteiger charge is 2.29. The summed E-state index contributed by atoms with van der Waals surface area (Å²) in [6.07, 6.45) is 7.84. The molecule has 0 N–H and O–H groups in total. The molecule has 0 fully saturated rings. The van der Waals surface area contributed by atoms with Crippen molar-refractivity contribution in [2.75, 3.05) is 12.9 Å². The summed E-state index contributed by atoms with van der Waals surface area (Å²) in [4.78, 5) is 26.5. The van der Waals surface area contributed by atoms with Gasteiger partial charge in [0.15, 0.2) is 9.84 Å². The van der Waals surface area contributed by atoms with Crippen LogP contribution in [0.5, 0.6) is 5.88 Å². The highest BCUT2D eigenvalue weighted by atomic mass is 32.2. The summed E-state index contributed by atoms with van der Waals surface area (Å²) >= 11 is 0. The third-order valence-electron chi connectivity index (χ3n) is 5.45. The van der Waals surface area contributed by atoms with Crippen LogP contribution in [0.25, 0.3) is 0 Å². The first kappa shape index (κ1) is 25.9. The topological polar surface area (TPSA) is 122 Å². The number of benzene rings is 1. The molecule has 0 aliphatic carbocycles. The summed E-state index contributed by atoms with van der Waals surface area (Å²) in [6, 6.07) is 2.79. The first-order valence-electron chi connectivity index (χ1n) is 10.5. The minimum Gasteiger partial charge on any atom is -0.403 e. The lowest BCUT2D eigenvalue weighted by molar-refractivity contribution is 0.0717. The van der Waals surface area contributed by atoms with Gasteiger partial charge in [0.2, 0.25) is 11.7 Å². The number of rotatable bonds is 8. The Hall–Kier alpha value is -3.75. The quantitative estimate of drug-likeness (QED) is 0.200. The highest BCUT2D eigenvalue weighted by molar-refractivity contribution is 7.90. The molecule has 10 nitrogen and oxygen atoms in total. The number of aromatic nitrogens is 4. The Kier molecular flexibility index (Phi) is 7.28. The highest BCUT2D eigenvalue weighted by Crippen LogP contribution is 2.30. The van der Waals surface area contributed by atoms with Crippen molar-refractivity contribution in [3.05, 3.63) is 57.5 Å². The van der Waals surface area contributed by atoms with Crippen LogP contribution in [0.4, 0.5) is 0 Å². The Labute approximate surface area is 203 Å². The van der Waals surface area contributed by atoms with Crippen molar-refractivity contribution in [1.82, 2.24) is 19.6 Å². The van der Waals surface area contributed by atoms with E-state index in [1.807, 2.05) is 0 Å². The van der Waals surface area contributed by atoms with Gasteiger partial charge in [-0.3, -0.25) is 9.48 Å². The van der Waals surface area contributed by atoms with E-state index in [2.05, 4.69) is 16.1 Å². The van der Waals surface area contributed by atoms with Crippen molar-refractivity contribution in [3.63, 3.8) is 0 Å².